The Labute approximate surface area is 56.9 Å². The Morgan fingerprint density at radius 3 is 2.67 bits per heavy atom. The minimum Gasteiger partial charge on any atom is -0.464 e. The van der Waals surface area contributed by atoms with Crippen LogP contribution in [0.3, 0.4) is 0 Å². The van der Waals surface area contributed by atoms with E-state index in [-0.39, 0.29) is 13.0 Å². The van der Waals surface area contributed by atoms with Crippen molar-refractivity contribution in [2.45, 2.75) is 11.3 Å². The monoisotopic (exact) mass is 148 g/mol. The van der Waals surface area contributed by atoms with E-state index in [9.17, 15) is 9.59 Å². The van der Waals surface area contributed by atoms with Crippen LogP contribution in [-0.2, 0) is 14.3 Å². The molecule has 4 heteroatoms. The molecule has 3 nitrogen and oxygen atoms in total. The van der Waals surface area contributed by atoms with Crippen LogP contribution in [0.1, 0.15) is 6.42 Å². The summed E-state index contributed by atoms with van der Waals surface area (Å²) < 4.78 is 4.46. The maximum Gasteiger partial charge on any atom is 0.334 e. The van der Waals surface area contributed by atoms with Gasteiger partial charge in [0.2, 0.25) is 0 Å². The molecule has 0 spiro atoms. The first-order valence-corrected chi connectivity index (χ1v) is 2.89. The summed E-state index contributed by atoms with van der Waals surface area (Å²) in [6.07, 6.45) is 0.709. The van der Waals surface area contributed by atoms with Crippen LogP contribution < -0.4 is 0 Å². The molecule has 1 unspecified atom stereocenters. The quantitative estimate of drug-likeness (QED) is 0.229. The first-order valence-electron chi connectivity index (χ1n) is 2.51. The molecule has 0 aromatic heterocycles. The van der Waals surface area contributed by atoms with Gasteiger partial charge in [-0.2, -0.15) is 0 Å². The summed E-state index contributed by atoms with van der Waals surface area (Å²) in [6.45, 7) is 0.251. The number of rotatable bonds is 1. The Morgan fingerprint density at radius 1 is 1.78 bits per heavy atom. The summed E-state index contributed by atoms with van der Waals surface area (Å²) in [4.78, 5) is 19.3. The minimum absolute atomic E-state index is 0.251. The normalized spacial score (nSPS) is 34.1. The highest BCUT2D eigenvalue weighted by molar-refractivity contribution is 6.42. The van der Waals surface area contributed by atoms with Crippen LogP contribution in [0.2, 0.25) is 0 Å². The summed E-state index contributed by atoms with van der Waals surface area (Å²) in [5.74, 6) is -0.626. The lowest BCUT2D eigenvalue weighted by Gasteiger charge is -2.03. The molecule has 1 saturated heterocycles. The number of hydrogen-bond donors (Lipinski definition) is 0. The molecule has 1 atom stereocenters. The molecule has 0 radical (unpaired) electrons. The Bertz CT molecular complexity index is 156. The van der Waals surface area contributed by atoms with Crippen molar-refractivity contribution < 1.29 is 14.3 Å². The standard InChI is InChI=1S/C5H5ClO3/c6-5(3-7)1-2-9-4(5)8/h3H,1-2H2. The number of carbonyl (C=O) groups is 2. The van der Waals surface area contributed by atoms with E-state index in [1.807, 2.05) is 0 Å². The van der Waals surface area contributed by atoms with Gasteiger partial charge in [0.15, 0.2) is 11.2 Å². The molecule has 0 aliphatic carbocycles. The van der Waals surface area contributed by atoms with Gasteiger partial charge in [-0.25, -0.2) is 4.79 Å². The van der Waals surface area contributed by atoms with E-state index < -0.39 is 10.8 Å². The number of hydrogen-bond acceptors (Lipinski definition) is 3. The van der Waals surface area contributed by atoms with Gasteiger partial charge in [-0.05, 0) is 0 Å². The van der Waals surface area contributed by atoms with Crippen molar-refractivity contribution in [1.29, 1.82) is 0 Å². The molecule has 0 N–H and O–H groups in total. The zero-order valence-electron chi connectivity index (χ0n) is 4.59. The third-order valence-corrected chi connectivity index (χ3v) is 1.66. The maximum absolute atomic E-state index is 10.5. The van der Waals surface area contributed by atoms with Crippen molar-refractivity contribution >= 4 is 23.9 Å². The SMILES string of the molecule is O=CC1(Cl)CCOC1=O. The smallest absolute Gasteiger partial charge is 0.334 e. The van der Waals surface area contributed by atoms with Crippen LogP contribution in [-0.4, -0.2) is 23.7 Å². The Balaban J connectivity index is 2.78. The number of aldehydes is 1. The van der Waals surface area contributed by atoms with Crippen LogP contribution in [0, 0.1) is 0 Å². The van der Waals surface area contributed by atoms with E-state index in [2.05, 4.69) is 4.74 Å². The van der Waals surface area contributed by atoms with Gasteiger partial charge in [0.05, 0.1) is 6.61 Å². The minimum atomic E-state index is -1.38. The lowest BCUT2D eigenvalue weighted by atomic mass is 10.1. The summed E-state index contributed by atoms with van der Waals surface area (Å²) in [5, 5.41) is 0. The van der Waals surface area contributed by atoms with Crippen LogP contribution in [0.4, 0.5) is 0 Å². The Morgan fingerprint density at radius 2 is 2.44 bits per heavy atom. The van der Waals surface area contributed by atoms with Crippen LogP contribution in [0.5, 0.6) is 0 Å². The zero-order valence-corrected chi connectivity index (χ0v) is 5.35. The van der Waals surface area contributed by atoms with Gasteiger partial charge in [-0.15, -0.1) is 0 Å². The summed E-state index contributed by atoms with van der Waals surface area (Å²) >= 11 is 5.46. The average molecular weight is 149 g/mol. The van der Waals surface area contributed by atoms with E-state index in [4.69, 9.17) is 11.6 Å². The Kier molecular flexibility index (Phi) is 1.45. The number of halogens is 1. The lowest BCUT2D eigenvalue weighted by Crippen LogP contribution is -2.28. The van der Waals surface area contributed by atoms with Gasteiger partial charge in [0, 0.05) is 6.42 Å². The second-order valence-corrected chi connectivity index (χ2v) is 2.54. The fourth-order valence-electron chi connectivity index (χ4n) is 0.621. The second-order valence-electron chi connectivity index (χ2n) is 1.87. The molecule has 0 saturated carbocycles. The van der Waals surface area contributed by atoms with Gasteiger partial charge < -0.3 is 9.53 Å². The van der Waals surface area contributed by atoms with Gasteiger partial charge >= 0.3 is 5.97 Å². The second kappa shape index (κ2) is 1.99. The van der Waals surface area contributed by atoms with Crippen LogP contribution >= 0.6 is 11.6 Å². The predicted molar refractivity (Wildman–Crippen MR) is 30.2 cm³/mol. The number of alkyl halides is 1. The molecular weight excluding hydrogens is 144 g/mol. The lowest BCUT2D eigenvalue weighted by molar-refractivity contribution is -0.141. The van der Waals surface area contributed by atoms with Crippen LogP contribution in [0.25, 0.3) is 0 Å². The maximum atomic E-state index is 10.5. The largest absolute Gasteiger partial charge is 0.464 e. The molecule has 50 valence electrons. The average Bonchev–Trinajstić information content (AvgIpc) is 2.15. The zero-order chi connectivity index (χ0) is 6.91. The molecule has 9 heavy (non-hydrogen) atoms. The van der Waals surface area contributed by atoms with E-state index in [1.165, 1.54) is 0 Å². The summed E-state index contributed by atoms with van der Waals surface area (Å²) in [6, 6.07) is 0. The molecule has 1 aliphatic heterocycles. The molecule has 0 aromatic rings. The van der Waals surface area contributed by atoms with Crippen molar-refractivity contribution in [3.63, 3.8) is 0 Å². The van der Waals surface area contributed by atoms with Crippen molar-refractivity contribution in [3.05, 3.63) is 0 Å². The third kappa shape index (κ3) is 0.920. The highest BCUT2D eigenvalue weighted by Crippen LogP contribution is 2.24. The van der Waals surface area contributed by atoms with Crippen LogP contribution in [0.15, 0.2) is 0 Å². The van der Waals surface area contributed by atoms with Gasteiger partial charge in [-0.3, -0.25) is 0 Å². The summed E-state index contributed by atoms with van der Waals surface area (Å²) in [7, 11) is 0. The molecule has 1 rings (SSSR count). The number of ether oxygens (including phenoxy) is 1. The number of carbonyl (C=O) groups excluding carboxylic acids is 2. The van der Waals surface area contributed by atoms with Gasteiger partial charge in [0.25, 0.3) is 0 Å². The molecule has 0 aromatic carbocycles. The van der Waals surface area contributed by atoms with E-state index in [0.717, 1.165) is 0 Å². The third-order valence-electron chi connectivity index (χ3n) is 1.23. The number of esters is 1. The fraction of sp³-hybridized carbons (Fsp3) is 0.600. The number of cyclic esters (lactones) is 1. The van der Waals surface area contributed by atoms with Crippen molar-refractivity contribution in [2.75, 3.05) is 6.61 Å². The highest BCUT2D eigenvalue weighted by atomic mass is 35.5. The van der Waals surface area contributed by atoms with Gasteiger partial charge in [0.1, 0.15) is 0 Å². The van der Waals surface area contributed by atoms with E-state index in [0.29, 0.717) is 6.29 Å². The molecule has 1 aliphatic rings. The van der Waals surface area contributed by atoms with E-state index >= 15 is 0 Å². The summed E-state index contributed by atoms with van der Waals surface area (Å²) in [5.41, 5.74) is 0. The topological polar surface area (TPSA) is 43.4 Å². The fourth-order valence-corrected chi connectivity index (χ4v) is 0.753. The first kappa shape index (κ1) is 6.55. The first-order chi connectivity index (χ1) is 4.19. The van der Waals surface area contributed by atoms with Gasteiger partial charge in [-0.1, -0.05) is 11.6 Å². The molecule has 1 heterocycles. The van der Waals surface area contributed by atoms with Crippen molar-refractivity contribution in [3.8, 4) is 0 Å². The van der Waals surface area contributed by atoms with Crippen molar-refractivity contribution in [2.24, 2.45) is 0 Å². The molecule has 1 fully saturated rings. The molecule has 0 amide bonds. The predicted octanol–water partition coefficient (Wildman–Crippen LogP) is 0.110. The molecular formula is C5H5ClO3. The highest BCUT2D eigenvalue weighted by Gasteiger charge is 2.42. The van der Waals surface area contributed by atoms with E-state index in [1.54, 1.807) is 0 Å². The molecule has 0 bridgehead atoms. The van der Waals surface area contributed by atoms with Crippen molar-refractivity contribution in [1.82, 2.24) is 0 Å². The Hall–Kier alpha value is -0.570.